The van der Waals surface area contributed by atoms with Crippen molar-refractivity contribution in [3.05, 3.63) is 0 Å². The van der Waals surface area contributed by atoms with Crippen molar-refractivity contribution < 1.29 is 0 Å². The zero-order valence-corrected chi connectivity index (χ0v) is 9.29. The van der Waals surface area contributed by atoms with Crippen LogP contribution in [0.15, 0.2) is 0 Å². The summed E-state index contributed by atoms with van der Waals surface area (Å²) < 4.78 is 0. The monoisotopic (exact) mass is 198 g/mol. The molecule has 1 heterocycles. The third-order valence-electron chi connectivity index (χ3n) is 2.94. The third kappa shape index (κ3) is 2.96. The Morgan fingerprint density at radius 2 is 2.07 bits per heavy atom. The molecule has 0 radical (unpaired) electrons. The van der Waals surface area contributed by atoms with Crippen molar-refractivity contribution in [1.82, 2.24) is 9.80 Å². The normalized spacial score (nSPS) is 23.0. The molecule has 0 spiro atoms. The second-order valence-electron chi connectivity index (χ2n) is 4.07. The molecule has 0 saturated carbocycles. The van der Waals surface area contributed by atoms with E-state index in [4.69, 9.17) is 11.1 Å². The van der Waals surface area contributed by atoms with Gasteiger partial charge in [0.05, 0.1) is 6.04 Å². The highest BCUT2D eigenvalue weighted by Crippen LogP contribution is 2.08. The summed E-state index contributed by atoms with van der Waals surface area (Å²) in [4.78, 5) is 4.68. The highest BCUT2D eigenvalue weighted by molar-refractivity contribution is 5.82. The van der Waals surface area contributed by atoms with Crippen molar-refractivity contribution >= 4 is 5.84 Å². The van der Waals surface area contributed by atoms with Crippen LogP contribution in [0.3, 0.4) is 0 Å². The summed E-state index contributed by atoms with van der Waals surface area (Å²) in [5.41, 5.74) is 5.59. The summed E-state index contributed by atoms with van der Waals surface area (Å²) in [6.45, 7) is 6.45. The number of nitrogens with zero attached hydrogens (tertiary/aromatic N) is 2. The molecule has 4 nitrogen and oxygen atoms in total. The lowest BCUT2D eigenvalue weighted by Crippen LogP contribution is -2.45. The molecule has 1 aliphatic rings. The summed E-state index contributed by atoms with van der Waals surface area (Å²) >= 11 is 0. The average molecular weight is 198 g/mol. The van der Waals surface area contributed by atoms with Gasteiger partial charge >= 0.3 is 0 Å². The first-order valence-electron chi connectivity index (χ1n) is 5.41. The largest absolute Gasteiger partial charge is 0.386 e. The third-order valence-corrected chi connectivity index (χ3v) is 2.94. The lowest BCUT2D eigenvalue weighted by molar-refractivity contribution is 0.241. The number of likely N-dealkylation sites (N-methyl/N-ethyl adjacent to an activating group) is 1. The molecule has 4 heteroatoms. The summed E-state index contributed by atoms with van der Waals surface area (Å²) in [6.07, 6.45) is 2.12. The first kappa shape index (κ1) is 11.5. The van der Waals surface area contributed by atoms with E-state index < -0.39 is 0 Å². The molecular formula is C10H22N4. The van der Waals surface area contributed by atoms with Crippen molar-refractivity contribution in [2.24, 2.45) is 5.73 Å². The fourth-order valence-electron chi connectivity index (χ4n) is 2.05. The lowest BCUT2D eigenvalue weighted by atomic mass is 10.1. The van der Waals surface area contributed by atoms with Gasteiger partial charge in [0.25, 0.3) is 0 Å². The summed E-state index contributed by atoms with van der Waals surface area (Å²) in [5, 5.41) is 7.53. The van der Waals surface area contributed by atoms with Gasteiger partial charge in [0.1, 0.15) is 5.84 Å². The van der Waals surface area contributed by atoms with E-state index in [1.807, 2.05) is 0 Å². The molecule has 0 aromatic carbocycles. The second kappa shape index (κ2) is 5.32. The van der Waals surface area contributed by atoms with Gasteiger partial charge in [-0.3, -0.25) is 10.3 Å². The molecule has 14 heavy (non-hydrogen) atoms. The Hall–Kier alpha value is -0.610. The zero-order valence-electron chi connectivity index (χ0n) is 9.29. The molecule has 0 bridgehead atoms. The fourth-order valence-corrected chi connectivity index (χ4v) is 2.05. The Balaban J connectivity index is 2.53. The van der Waals surface area contributed by atoms with Crippen molar-refractivity contribution in [1.29, 1.82) is 5.41 Å². The minimum absolute atomic E-state index is 0.154. The van der Waals surface area contributed by atoms with E-state index in [1.165, 1.54) is 6.42 Å². The molecule has 0 aromatic heterocycles. The van der Waals surface area contributed by atoms with Crippen LogP contribution in [-0.2, 0) is 0 Å². The van der Waals surface area contributed by atoms with Crippen LogP contribution < -0.4 is 5.73 Å². The summed E-state index contributed by atoms with van der Waals surface area (Å²) in [5.74, 6) is 0.317. The molecule has 1 saturated heterocycles. The SMILES string of the molecule is CCC(C(=N)N)N1CCCN(C)CC1. The van der Waals surface area contributed by atoms with E-state index in [2.05, 4.69) is 23.8 Å². The molecule has 0 amide bonds. The Labute approximate surface area is 86.6 Å². The molecule has 1 fully saturated rings. The van der Waals surface area contributed by atoms with Crippen LogP contribution in [0.4, 0.5) is 0 Å². The van der Waals surface area contributed by atoms with E-state index in [9.17, 15) is 0 Å². The maximum atomic E-state index is 7.53. The first-order valence-corrected chi connectivity index (χ1v) is 5.41. The van der Waals surface area contributed by atoms with Gasteiger partial charge in [0.2, 0.25) is 0 Å². The molecule has 82 valence electrons. The zero-order chi connectivity index (χ0) is 10.6. The fraction of sp³-hybridized carbons (Fsp3) is 0.900. The number of rotatable bonds is 3. The molecule has 0 aromatic rings. The van der Waals surface area contributed by atoms with Gasteiger partial charge in [-0.25, -0.2) is 0 Å². The Morgan fingerprint density at radius 3 is 2.64 bits per heavy atom. The topological polar surface area (TPSA) is 56.4 Å². The number of hydrogen-bond acceptors (Lipinski definition) is 3. The van der Waals surface area contributed by atoms with E-state index in [-0.39, 0.29) is 6.04 Å². The van der Waals surface area contributed by atoms with E-state index >= 15 is 0 Å². The number of nitrogens with two attached hydrogens (primary N) is 1. The maximum Gasteiger partial charge on any atom is 0.108 e. The maximum absolute atomic E-state index is 7.53. The molecule has 1 unspecified atom stereocenters. The van der Waals surface area contributed by atoms with Gasteiger partial charge in [-0.05, 0) is 26.4 Å². The van der Waals surface area contributed by atoms with Crippen molar-refractivity contribution in [2.75, 3.05) is 33.2 Å². The minimum Gasteiger partial charge on any atom is -0.386 e. The van der Waals surface area contributed by atoms with Gasteiger partial charge in [0, 0.05) is 19.6 Å². The predicted octanol–water partition coefficient (Wildman–Crippen LogP) is 0.338. The summed E-state index contributed by atoms with van der Waals surface area (Å²) in [6, 6.07) is 0.154. The minimum atomic E-state index is 0.154. The molecule has 1 rings (SSSR count). The lowest BCUT2D eigenvalue weighted by Gasteiger charge is -2.28. The average Bonchev–Trinajstić information content (AvgIpc) is 2.32. The van der Waals surface area contributed by atoms with Gasteiger partial charge in [-0.2, -0.15) is 0 Å². The van der Waals surface area contributed by atoms with Crippen LogP contribution >= 0.6 is 0 Å². The molecule has 0 aliphatic carbocycles. The van der Waals surface area contributed by atoms with Gasteiger partial charge in [-0.15, -0.1) is 0 Å². The Kier molecular flexibility index (Phi) is 4.35. The molecule has 1 atom stereocenters. The second-order valence-corrected chi connectivity index (χ2v) is 4.07. The van der Waals surface area contributed by atoms with Crippen LogP contribution in [0, 0.1) is 5.41 Å². The number of nitrogens with one attached hydrogen (secondary N) is 1. The Bertz CT molecular complexity index is 193. The van der Waals surface area contributed by atoms with Crippen molar-refractivity contribution in [2.45, 2.75) is 25.8 Å². The molecular weight excluding hydrogens is 176 g/mol. The summed E-state index contributed by atoms with van der Waals surface area (Å²) in [7, 11) is 2.15. The van der Waals surface area contributed by atoms with Crippen LogP contribution in [0.5, 0.6) is 0 Å². The Morgan fingerprint density at radius 1 is 1.36 bits per heavy atom. The van der Waals surface area contributed by atoms with Crippen LogP contribution in [0.2, 0.25) is 0 Å². The number of hydrogen-bond donors (Lipinski definition) is 2. The smallest absolute Gasteiger partial charge is 0.108 e. The predicted molar refractivity (Wildman–Crippen MR) is 59.7 cm³/mol. The quantitative estimate of drug-likeness (QED) is 0.508. The van der Waals surface area contributed by atoms with Crippen molar-refractivity contribution in [3.8, 4) is 0 Å². The van der Waals surface area contributed by atoms with Crippen molar-refractivity contribution in [3.63, 3.8) is 0 Å². The van der Waals surface area contributed by atoms with Gasteiger partial charge in [0.15, 0.2) is 0 Å². The number of amidine groups is 1. The van der Waals surface area contributed by atoms with E-state index in [0.717, 1.165) is 32.6 Å². The molecule has 1 aliphatic heterocycles. The van der Waals surface area contributed by atoms with Crippen LogP contribution in [0.1, 0.15) is 19.8 Å². The highest BCUT2D eigenvalue weighted by Gasteiger charge is 2.21. The first-order chi connectivity index (χ1) is 6.65. The van der Waals surface area contributed by atoms with Crippen LogP contribution in [0.25, 0.3) is 0 Å². The molecule has 3 N–H and O–H groups in total. The van der Waals surface area contributed by atoms with Crippen LogP contribution in [-0.4, -0.2) is 54.9 Å². The van der Waals surface area contributed by atoms with Gasteiger partial charge in [-0.1, -0.05) is 6.92 Å². The standard InChI is InChI=1S/C10H22N4/c1-3-9(10(11)12)14-6-4-5-13(2)7-8-14/h9H,3-8H2,1-2H3,(H3,11,12). The van der Waals surface area contributed by atoms with Gasteiger partial charge < -0.3 is 10.6 Å². The highest BCUT2D eigenvalue weighted by atomic mass is 15.2. The van der Waals surface area contributed by atoms with E-state index in [0.29, 0.717) is 5.84 Å². The van der Waals surface area contributed by atoms with E-state index in [1.54, 1.807) is 0 Å².